The number of rotatable bonds is 3. The number of benzene rings is 2. The second-order valence-electron chi connectivity index (χ2n) is 3.70. The molecule has 1 N–H and O–H groups in total. The monoisotopic (exact) mass is 306 g/mol. The summed E-state index contributed by atoms with van der Waals surface area (Å²) in [5.74, 6) is 0.148. The van der Waals surface area contributed by atoms with Crippen LogP contribution in [0.25, 0.3) is 0 Å². The number of carbonyl (C=O) groups excluding carboxylic acids is 1. The molecule has 0 atom stereocenters. The fourth-order valence-electron chi connectivity index (χ4n) is 1.63. The quantitative estimate of drug-likeness (QED) is 0.884. The fourth-order valence-corrected chi connectivity index (χ4v) is 2.10. The predicted octanol–water partition coefficient (Wildman–Crippen LogP) is 3.39. The van der Waals surface area contributed by atoms with Crippen LogP contribution in [0.2, 0.25) is 0 Å². The number of ketones is 1. The Balaban J connectivity index is 2.41. The molecule has 4 heteroatoms. The van der Waals surface area contributed by atoms with E-state index in [1.54, 1.807) is 30.3 Å². The Labute approximate surface area is 113 Å². The van der Waals surface area contributed by atoms with E-state index < -0.39 is 0 Å². The van der Waals surface area contributed by atoms with E-state index in [0.717, 1.165) is 4.47 Å². The predicted molar refractivity (Wildman–Crippen MR) is 72.2 cm³/mol. The molecule has 0 unspecified atom stereocenters. The molecule has 0 amide bonds. The van der Waals surface area contributed by atoms with Gasteiger partial charge in [-0.05, 0) is 30.3 Å². The van der Waals surface area contributed by atoms with E-state index in [1.165, 1.54) is 13.2 Å². The third kappa shape index (κ3) is 2.38. The summed E-state index contributed by atoms with van der Waals surface area (Å²) in [7, 11) is 1.46. The van der Waals surface area contributed by atoms with Crippen LogP contribution in [0.15, 0.2) is 46.9 Å². The van der Waals surface area contributed by atoms with Crippen LogP contribution in [0, 0.1) is 0 Å². The van der Waals surface area contributed by atoms with Crippen LogP contribution < -0.4 is 4.74 Å². The molecule has 0 spiro atoms. The van der Waals surface area contributed by atoms with E-state index in [0.29, 0.717) is 16.9 Å². The first kappa shape index (κ1) is 12.6. The van der Waals surface area contributed by atoms with Gasteiger partial charge in [0, 0.05) is 15.6 Å². The highest BCUT2D eigenvalue weighted by Gasteiger charge is 2.13. The molecule has 0 bridgehead atoms. The van der Waals surface area contributed by atoms with Crippen molar-refractivity contribution in [3.8, 4) is 11.5 Å². The minimum absolute atomic E-state index is 0.0459. The third-order valence-electron chi connectivity index (χ3n) is 2.56. The zero-order valence-electron chi connectivity index (χ0n) is 9.68. The highest BCUT2D eigenvalue weighted by atomic mass is 79.9. The molecule has 2 aromatic rings. The molecule has 0 aromatic heterocycles. The molecule has 0 saturated heterocycles. The van der Waals surface area contributed by atoms with Gasteiger partial charge in [-0.1, -0.05) is 28.1 Å². The number of phenols is 1. The third-order valence-corrected chi connectivity index (χ3v) is 3.25. The Morgan fingerprint density at radius 3 is 2.56 bits per heavy atom. The molecule has 0 radical (unpaired) electrons. The van der Waals surface area contributed by atoms with Crippen LogP contribution in [0.4, 0.5) is 0 Å². The Morgan fingerprint density at radius 2 is 1.94 bits per heavy atom. The summed E-state index contributed by atoms with van der Waals surface area (Å²) in [4.78, 5) is 12.2. The lowest BCUT2D eigenvalue weighted by Gasteiger charge is -2.06. The molecule has 0 aliphatic carbocycles. The van der Waals surface area contributed by atoms with Crippen LogP contribution in [0.5, 0.6) is 11.5 Å². The Hall–Kier alpha value is -1.81. The van der Waals surface area contributed by atoms with E-state index in [9.17, 15) is 9.90 Å². The molecule has 18 heavy (non-hydrogen) atoms. The smallest absolute Gasteiger partial charge is 0.194 e. The van der Waals surface area contributed by atoms with Crippen LogP contribution in [0.3, 0.4) is 0 Å². The normalized spacial score (nSPS) is 10.1. The fraction of sp³-hybridized carbons (Fsp3) is 0.0714. The minimum atomic E-state index is -0.152. The molecule has 2 rings (SSSR count). The van der Waals surface area contributed by atoms with E-state index in [1.807, 2.05) is 6.07 Å². The van der Waals surface area contributed by atoms with Gasteiger partial charge in [0.25, 0.3) is 0 Å². The average Bonchev–Trinajstić information content (AvgIpc) is 2.38. The SMILES string of the molecule is COc1ccc(C(=O)c2ccccc2Br)cc1O. The summed E-state index contributed by atoms with van der Waals surface area (Å²) >= 11 is 3.33. The number of carbonyl (C=O) groups is 1. The summed E-state index contributed by atoms with van der Waals surface area (Å²) in [5, 5.41) is 9.67. The zero-order chi connectivity index (χ0) is 13.1. The van der Waals surface area contributed by atoms with Crippen LogP contribution in [0.1, 0.15) is 15.9 Å². The summed E-state index contributed by atoms with van der Waals surface area (Å²) in [6, 6.07) is 11.8. The Bertz CT molecular complexity index is 593. The van der Waals surface area contributed by atoms with Gasteiger partial charge in [-0.2, -0.15) is 0 Å². The number of hydrogen-bond donors (Lipinski definition) is 1. The summed E-state index contributed by atoms with van der Waals surface area (Å²) in [6.07, 6.45) is 0. The van der Waals surface area contributed by atoms with Gasteiger partial charge in [-0.3, -0.25) is 4.79 Å². The van der Waals surface area contributed by atoms with Crippen LogP contribution >= 0.6 is 15.9 Å². The number of ether oxygens (including phenoxy) is 1. The second kappa shape index (κ2) is 5.23. The highest BCUT2D eigenvalue weighted by Crippen LogP contribution is 2.28. The van der Waals surface area contributed by atoms with Crippen molar-refractivity contribution in [3.63, 3.8) is 0 Å². The van der Waals surface area contributed by atoms with Gasteiger partial charge in [0.15, 0.2) is 17.3 Å². The van der Waals surface area contributed by atoms with Crippen molar-refractivity contribution in [1.29, 1.82) is 0 Å². The van der Waals surface area contributed by atoms with Gasteiger partial charge in [-0.25, -0.2) is 0 Å². The average molecular weight is 307 g/mol. The molecule has 0 aliphatic rings. The Kier molecular flexibility index (Phi) is 3.67. The largest absolute Gasteiger partial charge is 0.504 e. The lowest BCUT2D eigenvalue weighted by molar-refractivity contribution is 0.103. The number of halogens is 1. The van der Waals surface area contributed by atoms with Gasteiger partial charge in [-0.15, -0.1) is 0 Å². The second-order valence-corrected chi connectivity index (χ2v) is 4.55. The first-order valence-electron chi connectivity index (χ1n) is 5.29. The zero-order valence-corrected chi connectivity index (χ0v) is 11.3. The molecule has 3 nitrogen and oxygen atoms in total. The van der Waals surface area contributed by atoms with Gasteiger partial charge in [0.05, 0.1) is 7.11 Å². The summed E-state index contributed by atoms with van der Waals surface area (Å²) in [5.41, 5.74) is 0.974. The maximum absolute atomic E-state index is 12.2. The molecule has 0 heterocycles. The molecule has 0 aliphatic heterocycles. The van der Waals surface area contributed by atoms with Crippen molar-refractivity contribution in [3.05, 3.63) is 58.1 Å². The van der Waals surface area contributed by atoms with E-state index in [-0.39, 0.29) is 11.5 Å². The molecular formula is C14H11BrO3. The van der Waals surface area contributed by atoms with Crippen molar-refractivity contribution < 1.29 is 14.6 Å². The van der Waals surface area contributed by atoms with Crippen LogP contribution in [-0.4, -0.2) is 18.0 Å². The van der Waals surface area contributed by atoms with Crippen molar-refractivity contribution in [2.75, 3.05) is 7.11 Å². The van der Waals surface area contributed by atoms with E-state index in [4.69, 9.17) is 4.74 Å². The lowest BCUT2D eigenvalue weighted by Crippen LogP contribution is -2.02. The van der Waals surface area contributed by atoms with E-state index >= 15 is 0 Å². The molecule has 92 valence electrons. The van der Waals surface area contributed by atoms with Gasteiger partial charge >= 0.3 is 0 Å². The molecule has 2 aromatic carbocycles. The first-order chi connectivity index (χ1) is 8.63. The van der Waals surface area contributed by atoms with Crippen molar-refractivity contribution in [2.24, 2.45) is 0 Å². The maximum Gasteiger partial charge on any atom is 0.194 e. The lowest BCUT2D eigenvalue weighted by atomic mass is 10.0. The molecule has 0 fully saturated rings. The number of hydrogen-bond acceptors (Lipinski definition) is 3. The Morgan fingerprint density at radius 1 is 1.22 bits per heavy atom. The summed E-state index contributed by atoms with van der Waals surface area (Å²) < 4.78 is 5.67. The number of phenolic OH excluding ortho intramolecular Hbond substituents is 1. The topological polar surface area (TPSA) is 46.5 Å². The summed E-state index contributed by atoms with van der Waals surface area (Å²) in [6.45, 7) is 0. The highest BCUT2D eigenvalue weighted by molar-refractivity contribution is 9.10. The van der Waals surface area contributed by atoms with Crippen molar-refractivity contribution in [2.45, 2.75) is 0 Å². The maximum atomic E-state index is 12.2. The van der Waals surface area contributed by atoms with Crippen molar-refractivity contribution in [1.82, 2.24) is 0 Å². The first-order valence-corrected chi connectivity index (χ1v) is 6.09. The minimum Gasteiger partial charge on any atom is -0.504 e. The van der Waals surface area contributed by atoms with E-state index in [2.05, 4.69) is 15.9 Å². The van der Waals surface area contributed by atoms with Crippen molar-refractivity contribution >= 4 is 21.7 Å². The number of aromatic hydroxyl groups is 1. The molecule has 0 saturated carbocycles. The van der Waals surface area contributed by atoms with Gasteiger partial charge < -0.3 is 9.84 Å². The standard InChI is InChI=1S/C14H11BrO3/c1-18-13-7-6-9(8-12(13)16)14(17)10-4-2-3-5-11(10)15/h2-8,16H,1H3. The van der Waals surface area contributed by atoms with Crippen LogP contribution in [-0.2, 0) is 0 Å². The van der Waals surface area contributed by atoms with Gasteiger partial charge in [0.2, 0.25) is 0 Å². The molecular weight excluding hydrogens is 296 g/mol. The number of methoxy groups -OCH3 is 1. The van der Waals surface area contributed by atoms with Gasteiger partial charge in [0.1, 0.15) is 0 Å².